The molecule has 0 radical (unpaired) electrons. The number of nitrogens with one attached hydrogen (secondary N) is 2. The number of rotatable bonds is 13. The van der Waals surface area contributed by atoms with E-state index in [9.17, 15) is 0 Å². The highest BCUT2D eigenvalue weighted by Crippen LogP contribution is 2.15. The highest BCUT2D eigenvalue weighted by molar-refractivity contribution is 6.60. The first-order valence-electron chi connectivity index (χ1n) is 6.60. The van der Waals surface area contributed by atoms with Gasteiger partial charge in [-0.15, -0.1) is 0 Å². The fourth-order valence-electron chi connectivity index (χ4n) is 1.66. The van der Waals surface area contributed by atoms with Crippen LogP contribution >= 0.6 is 0 Å². The molecule has 0 spiro atoms. The Labute approximate surface area is 112 Å². The van der Waals surface area contributed by atoms with Crippen molar-refractivity contribution < 1.29 is 13.3 Å². The van der Waals surface area contributed by atoms with E-state index in [1.54, 1.807) is 14.2 Å². The molecule has 0 atom stereocenters. The minimum atomic E-state index is -2.40. The van der Waals surface area contributed by atoms with Crippen molar-refractivity contribution in [3.8, 4) is 0 Å². The molecule has 18 heavy (non-hydrogen) atoms. The van der Waals surface area contributed by atoms with Gasteiger partial charge in [0.15, 0.2) is 0 Å². The van der Waals surface area contributed by atoms with Crippen LogP contribution in [0.3, 0.4) is 0 Å². The topological polar surface area (TPSA) is 77.8 Å². The SMILES string of the molecule is CCO[Si](CCCNCCNCCN)(OC)OC. The fourth-order valence-corrected chi connectivity index (χ4v) is 3.66. The molecule has 0 amide bonds. The third-order valence-corrected chi connectivity index (χ3v) is 5.56. The number of hydrogen-bond acceptors (Lipinski definition) is 6. The van der Waals surface area contributed by atoms with Crippen molar-refractivity contribution in [1.29, 1.82) is 0 Å². The Kier molecular flexibility index (Phi) is 12.0. The standard InChI is InChI=1S/C11H29N3O3Si/c1-4-17-18(15-2,16-3)11-5-7-13-9-10-14-8-6-12/h13-14H,4-12H2,1-3H3. The molecule has 0 aromatic carbocycles. The van der Waals surface area contributed by atoms with E-state index < -0.39 is 8.80 Å². The lowest BCUT2D eigenvalue weighted by molar-refractivity contribution is 0.103. The summed E-state index contributed by atoms with van der Waals surface area (Å²) in [7, 11) is 0.928. The zero-order valence-corrected chi connectivity index (χ0v) is 13.0. The van der Waals surface area contributed by atoms with Gasteiger partial charge in [-0.3, -0.25) is 0 Å². The Hall–Kier alpha value is -0.0231. The molecule has 0 fully saturated rings. The van der Waals surface area contributed by atoms with Crippen molar-refractivity contribution in [2.24, 2.45) is 5.73 Å². The average Bonchev–Trinajstić information content (AvgIpc) is 2.40. The van der Waals surface area contributed by atoms with Crippen molar-refractivity contribution >= 4 is 8.80 Å². The van der Waals surface area contributed by atoms with Crippen LogP contribution in [0, 0.1) is 0 Å². The first kappa shape index (κ1) is 18.0. The number of nitrogens with two attached hydrogens (primary N) is 1. The molecule has 0 saturated carbocycles. The molecule has 0 bridgehead atoms. The minimum absolute atomic E-state index is 0.629. The van der Waals surface area contributed by atoms with Gasteiger partial charge >= 0.3 is 8.80 Å². The molecule has 0 aromatic heterocycles. The molecule has 0 aromatic rings. The Balaban J connectivity index is 3.55. The van der Waals surface area contributed by atoms with Crippen LogP contribution in [0.25, 0.3) is 0 Å². The summed E-state index contributed by atoms with van der Waals surface area (Å²) in [5.74, 6) is 0. The summed E-state index contributed by atoms with van der Waals surface area (Å²) < 4.78 is 16.5. The summed E-state index contributed by atoms with van der Waals surface area (Å²) in [6, 6.07) is 0.844. The van der Waals surface area contributed by atoms with E-state index in [-0.39, 0.29) is 0 Å². The van der Waals surface area contributed by atoms with Crippen LogP contribution in [0.1, 0.15) is 13.3 Å². The van der Waals surface area contributed by atoms with E-state index in [4.69, 9.17) is 19.0 Å². The quantitative estimate of drug-likeness (QED) is 0.320. The van der Waals surface area contributed by atoms with Crippen LogP contribution in [0.5, 0.6) is 0 Å². The Bertz CT molecular complexity index is 183. The van der Waals surface area contributed by atoms with Gasteiger partial charge in [-0.1, -0.05) is 0 Å². The van der Waals surface area contributed by atoms with Gasteiger partial charge in [0, 0.05) is 53.0 Å². The van der Waals surface area contributed by atoms with Crippen molar-refractivity contribution in [3.05, 3.63) is 0 Å². The molecule has 0 aliphatic rings. The zero-order valence-electron chi connectivity index (χ0n) is 12.0. The van der Waals surface area contributed by atoms with Crippen LogP contribution in [0.2, 0.25) is 6.04 Å². The maximum Gasteiger partial charge on any atom is 0.500 e. The second-order valence-corrected chi connectivity index (χ2v) is 6.89. The lowest BCUT2D eigenvalue weighted by atomic mass is 10.4. The maximum atomic E-state index is 5.63. The van der Waals surface area contributed by atoms with Gasteiger partial charge < -0.3 is 29.6 Å². The third-order valence-electron chi connectivity index (χ3n) is 2.62. The van der Waals surface area contributed by atoms with Crippen LogP contribution < -0.4 is 16.4 Å². The van der Waals surface area contributed by atoms with E-state index in [0.717, 1.165) is 38.6 Å². The molecular weight excluding hydrogens is 250 g/mol. The molecule has 0 rings (SSSR count). The Morgan fingerprint density at radius 1 is 1.00 bits per heavy atom. The smallest absolute Gasteiger partial charge is 0.377 e. The molecule has 6 nitrogen and oxygen atoms in total. The van der Waals surface area contributed by atoms with Crippen molar-refractivity contribution in [3.63, 3.8) is 0 Å². The third kappa shape index (κ3) is 8.14. The summed E-state index contributed by atoms with van der Waals surface area (Å²) in [4.78, 5) is 0. The summed E-state index contributed by atoms with van der Waals surface area (Å²) in [5.41, 5.74) is 5.38. The number of hydrogen-bond donors (Lipinski definition) is 3. The molecule has 0 unspecified atom stereocenters. The monoisotopic (exact) mass is 279 g/mol. The van der Waals surface area contributed by atoms with Gasteiger partial charge in [0.1, 0.15) is 0 Å². The van der Waals surface area contributed by atoms with Crippen molar-refractivity contribution in [1.82, 2.24) is 10.6 Å². The molecule has 0 saturated heterocycles. The Morgan fingerprint density at radius 2 is 1.61 bits per heavy atom. The van der Waals surface area contributed by atoms with Gasteiger partial charge in [-0.05, 0) is 19.9 Å². The summed E-state index contributed by atoms with van der Waals surface area (Å²) in [6.45, 7) is 6.98. The molecule has 7 heteroatoms. The van der Waals surface area contributed by atoms with Crippen LogP contribution in [0.4, 0.5) is 0 Å². The van der Waals surface area contributed by atoms with Crippen LogP contribution in [-0.4, -0.2) is 62.4 Å². The molecule has 0 heterocycles. The minimum Gasteiger partial charge on any atom is -0.377 e. The van der Waals surface area contributed by atoms with Gasteiger partial charge in [0.2, 0.25) is 0 Å². The fraction of sp³-hybridized carbons (Fsp3) is 1.00. The highest BCUT2D eigenvalue weighted by Gasteiger charge is 2.37. The largest absolute Gasteiger partial charge is 0.500 e. The van der Waals surface area contributed by atoms with E-state index >= 15 is 0 Å². The van der Waals surface area contributed by atoms with Crippen LogP contribution in [-0.2, 0) is 13.3 Å². The molecule has 110 valence electrons. The average molecular weight is 279 g/mol. The van der Waals surface area contributed by atoms with Crippen molar-refractivity contribution in [2.75, 3.05) is 53.6 Å². The maximum absolute atomic E-state index is 5.63. The van der Waals surface area contributed by atoms with Crippen molar-refractivity contribution in [2.45, 2.75) is 19.4 Å². The first-order valence-corrected chi connectivity index (χ1v) is 8.53. The summed E-state index contributed by atoms with van der Waals surface area (Å²) in [5, 5.41) is 6.59. The van der Waals surface area contributed by atoms with E-state index in [2.05, 4.69) is 10.6 Å². The van der Waals surface area contributed by atoms with E-state index in [1.807, 2.05) is 6.92 Å². The highest BCUT2D eigenvalue weighted by atomic mass is 28.4. The molecule has 0 aliphatic heterocycles. The van der Waals surface area contributed by atoms with Gasteiger partial charge in [0.05, 0.1) is 0 Å². The zero-order chi connectivity index (χ0) is 13.7. The normalized spacial score (nSPS) is 12.0. The predicted octanol–water partition coefficient (Wildman–Crippen LogP) is -0.217. The van der Waals surface area contributed by atoms with Gasteiger partial charge in [-0.2, -0.15) is 0 Å². The van der Waals surface area contributed by atoms with E-state index in [1.165, 1.54) is 0 Å². The summed E-state index contributed by atoms with van der Waals surface area (Å²) >= 11 is 0. The lowest BCUT2D eigenvalue weighted by Gasteiger charge is -2.25. The summed E-state index contributed by atoms with van der Waals surface area (Å²) in [6.07, 6.45) is 0.991. The van der Waals surface area contributed by atoms with Gasteiger partial charge in [-0.25, -0.2) is 0 Å². The predicted molar refractivity (Wildman–Crippen MR) is 75.6 cm³/mol. The molecule has 4 N–H and O–H groups in total. The Morgan fingerprint density at radius 3 is 2.11 bits per heavy atom. The van der Waals surface area contributed by atoms with Crippen LogP contribution in [0.15, 0.2) is 0 Å². The first-order chi connectivity index (χ1) is 8.74. The molecular formula is C11H29N3O3Si. The van der Waals surface area contributed by atoms with Gasteiger partial charge in [0.25, 0.3) is 0 Å². The lowest BCUT2D eigenvalue weighted by Crippen LogP contribution is -2.44. The molecule has 0 aliphatic carbocycles. The second kappa shape index (κ2) is 12.0. The van der Waals surface area contributed by atoms with E-state index in [0.29, 0.717) is 13.2 Å². The second-order valence-electron chi connectivity index (χ2n) is 3.92.